The lowest BCUT2D eigenvalue weighted by Gasteiger charge is -2.11. The number of anilines is 1. The van der Waals surface area contributed by atoms with Crippen LogP contribution in [0.3, 0.4) is 0 Å². The number of rotatable bonds is 3. The Balaban J connectivity index is 2.83. The number of aromatic carboxylic acids is 1. The fraction of sp³-hybridized carbons (Fsp3) is 0.273. The monoisotopic (exact) mass is 232 g/mol. The van der Waals surface area contributed by atoms with Crippen LogP contribution in [0.1, 0.15) is 23.0 Å². The van der Waals surface area contributed by atoms with Crippen LogP contribution in [-0.2, 0) is 0 Å². The number of carboxylic acids is 1. The van der Waals surface area contributed by atoms with Crippen molar-refractivity contribution in [3.63, 3.8) is 0 Å². The normalized spacial score (nSPS) is 10.5. The average Bonchev–Trinajstić information content (AvgIpc) is 2.28. The number of nitrogens with one attached hydrogen (secondary N) is 1. The fourth-order valence-corrected chi connectivity index (χ4v) is 1.71. The molecule has 2 rings (SSSR count). The number of fused-ring (bicyclic) bond motifs is 1. The summed E-state index contributed by atoms with van der Waals surface area (Å²) >= 11 is 0. The summed E-state index contributed by atoms with van der Waals surface area (Å²) in [5.74, 6) is -1.02. The van der Waals surface area contributed by atoms with E-state index in [4.69, 9.17) is 0 Å². The van der Waals surface area contributed by atoms with Gasteiger partial charge in [0.05, 0.1) is 11.4 Å². The van der Waals surface area contributed by atoms with E-state index >= 15 is 0 Å². The molecule has 0 saturated carbocycles. The lowest BCUT2D eigenvalue weighted by atomic mass is 10.1. The molecule has 0 spiro atoms. The molecular weight excluding hydrogens is 220 g/mol. The van der Waals surface area contributed by atoms with Gasteiger partial charge in [-0.05, 0) is 13.8 Å². The number of carboxylic acid groups (broad SMARTS) is 1. The molecule has 6 heteroatoms. The van der Waals surface area contributed by atoms with Gasteiger partial charge in [0.15, 0.2) is 5.65 Å². The van der Waals surface area contributed by atoms with Gasteiger partial charge in [-0.25, -0.2) is 19.7 Å². The summed E-state index contributed by atoms with van der Waals surface area (Å²) < 4.78 is 0. The maximum absolute atomic E-state index is 11.2. The molecule has 17 heavy (non-hydrogen) atoms. The molecule has 0 atom stereocenters. The SMILES string of the molecule is CCNc1c(C(=O)O)c(C)nc2nccnc12. The topological polar surface area (TPSA) is 88.0 Å². The molecule has 2 aromatic heterocycles. The lowest BCUT2D eigenvalue weighted by Crippen LogP contribution is -2.11. The molecule has 0 fully saturated rings. The van der Waals surface area contributed by atoms with E-state index in [9.17, 15) is 9.90 Å². The van der Waals surface area contributed by atoms with E-state index in [0.717, 1.165) is 0 Å². The van der Waals surface area contributed by atoms with E-state index in [1.54, 1.807) is 6.92 Å². The van der Waals surface area contributed by atoms with Crippen molar-refractivity contribution in [3.05, 3.63) is 23.7 Å². The van der Waals surface area contributed by atoms with Crippen LogP contribution in [0.5, 0.6) is 0 Å². The zero-order valence-corrected chi connectivity index (χ0v) is 9.56. The maximum atomic E-state index is 11.2. The third-order valence-electron chi connectivity index (χ3n) is 2.37. The number of hydrogen-bond acceptors (Lipinski definition) is 5. The van der Waals surface area contributed by atoms with Gasteiger partial charge in [-0.2, -0.15) is 0 Å². The van der Waals surface area contributed by atoms with E-state index < -0.39 is 5.97 Å². The summed E-state index contributed by atoms with van der Waals surface area (Å²) in [4.78, 5) is 23.6. The summed E-state index contributed by atoms with van der Waals surface area (Å²) in [6, 6.07) is 0. The molecule has 0 amide bonds. The quantitative estimate of drug-likeness (QED) is 0.833. The first-order chi connectivity index (χ1) is 8.15. The second-order valence-corrected chi connectivity index (χ2v) is 3.51. The third kappa shape index (κ3) is 1.89. The van der Waals surface area contributed by atoms with Gasteiger partial charge in [-0.1, -0.05) is 0 Å². The van der Waals surface area contributed by atoms with Gasteiger partial charge in [-0.3, -0.25) is 0 Å². The number of aryl methyl sites for hydroxylation is 1. The molecule has 6 nitrogen and oxygen atoms in total. The molecule has 0 aliphatic rings. The maximum Gasteiger partial charge on any atom is 0.339 e. The van der Waals surface area contributed by atoms with Crippen molar-refractivity contribution in [2.75, 3.05) is 11.9 Å². The Morgan fingerprint density at radius 3 is 2.76 bits per heavy atom. The molecule has 0 aliphatic heterocycles. The number of hydrogen-bond donors (Lipinski definition) is 2. The molecule has 0 aliphatic carbocycles. The second-order valence-electron chi connectivity index (χ2n) is 3.51. The first-order valence-corrected chi connectivity index (χ1v) is 5.23. The summed E-state index contributed by atoms with van der Waals surface area (Å²) in [6.07, 6.45) is 3.05. The van der Waals surface area contributed by atoms with Crippen LogP contribution in [0.2, 0.25) is 0 Å². The van der Waals surface area contributed by atoms with Gasteiger partial charge in [0, 0.05) is 18.9 Å². The minimum absolute atomic E-state index is 0.153. The largest absolute Gasteiger partial charge is 0.478 e. The summed E-state index contributed by atoms with van der Waals surface area (Å²) in [5, 5.41) is 12.2. The molecule has 88 valence electrons. The van der Waals surface area contributed by atoms with Crippen molar-refractivity contribution in [3.8, 4) is 0 Å². The Morgan fingerprint density at radius 2 is 2.12 bits per heavy atom. The Hall–Kier alpha value is -2.24. The van der Waals surface area contributed by atoms with Gasteiger partial charge in [0.2, 0.25) is 0 Å². The Morgan fingerprint density at radius 1 is 1.41 bits per heavy atom. The molecular formula is C11H12N4O2. The highest BCUT2D eigenvalue weighted by atomic mass is 16.4. The van der Waals surface area contributed by atoms with Gasteiger partial charge >= 0.3 is 5.97 Å². The van der Waals surface area contributed by atoms with Crippen molar-refractivity contribution in [2.24, 2.45) is 0 Å². The molecule has 0 saturated heterocycles. The standard InChI is InChI=1S/C11H12N4O2/c1-3-12-8-7(11(16)17)6(2)15-10-9(8)13-4-5-14-10/h4-5H,3H2,1-2H3,(H,16,17)(H,12,14,15). The van der Waals surface area contributed by atoms with Crippen LogP contribution < -0.4 is 5.32 Å². The van der Waals surface area contributed by atoms with Crippen LogP contribution in [0.15, 0.2) is 12.4 Å². The highest BCUT2D eigenvalue weighted by molar-refractivity contribution is 6.03. The van der Waals surface area contributed by atoms with E-state index in [1.807, 2.05) is 6.92 Å². The molecule has 0 aromatic carbocycles. The number of pyridine rings is 1. The Labute approximate surface area is 97.7 Å². The first kappa shape index (κ1) is 11.3. The van der Waals surface area contributed by atoms with Gasteiger partial charge in [0.1, 0.15) is 11.1 Å². The Bertz CT molecular complexity index is 583. The zero-order chi connectivity index (χ0) is 12.4. The molecule has 0 radical (unpaired) electrons. The predicted octanol–water partition coefficient (Wildman–Crippen LogP) is 1.46. The summed E-state index contributed by atoms with van der Waals surface area (Å²) in [7, 11) is 0. The predicted molar refractivity (Wildman–Crippen MR) is 63.2 cm³/mol. The van der Waals surface area contributed by atoms with E-state index in [2.05, 4.69) is 20.3 Å². The van der Waals surface area contributed by atoms with Crippen molar-refractivity contribution >= 4 is 22.8 Å². The third-order valence-corrected chi connectivity index (χ3v) is 2.37. The van der Waals surface area contributed by atoms with Gasteiger partial charge < -0.3 is 10.4 Å². The van der Waals surface area contributed by atoms with Crippen molar-refractivity contribution in [1.82, 2.24) is 15.0 Å². The Kier molecular flexibility index (Phi) is 2.86. The number of aromatic nitrogens is 3. The first-order valence-electron chi connectivity index (χ1n) is 5.23. The van der Waals surface area contributed by atoms with Crippen molar-refractivity contribution < 1.29 is 9.90 Å². The van der Waals surface area contributed by atoms with E-state index in [-0.39, 0.29) is 5.56 Å². The molecule has 0 bridgehead atoms. The smallest absolute Gasteiger partial charge is 0.339 e. The minimum atomic E-state index is -1.02. The molecule has 0 unspecified atom stereocenters. The zero-order valence-electron chi connectivity index (χ0n) is 9.56. The van der Waals surface area contributed by atoms with Gasteiger partial charge in [-0.15, -0.1) is 0 Å². The molecule has 2 heterocycles. The van der Waals surface area contributed by atoms with Crippen LogP contribution in [0.4, 0.5) is 5.69 Å². The van der Waals surface area contributed by atoms with Crippen molar-refractivity contribution in [2.45, 2.75) is 13.8 Å². The van der Waals surface area contributed by atoms with Gasteiger partial charge in [0.25, 0.3) is 0 Å². The van der Waals surface area contributed by atoms with Crippen molar-refractivity contribution in [1.29, 1.82) is 0 Å². The van der Waals surface area contributed by atoms with Crippen LogP contribution >= 0.6 is 0 Å². The summed E-state index contributed by atoms with van der Waals surface area (Å²) in [6.45, 7) is 4.15. The van der Waals surface area contributed by atoms with E-state index in [0.29, 0.717) is 29.1 Å². The molecule has 2 N–H and O–H groups in total. The summed E-state index contributed by atoms with van der Waals surface area (Å²) in [5.41, 5.74) is 2.00. The van der Waals surface area contributed by atoms with Crippen LogP contribution in [0.25, 0.3) is 11.2 Å². The minimum Gasteiger partial charge on any atom is -0.478 e. The lowest BCUT2D eigenvalue weighted by molar-refractivity contribution is 0.0697. The number of nitrogens with zero attached hydrogens (tertiary/aromatic N) is 3. The fourth-order valence-electron chi connectivity index (χ4n) is 1.71. The van der Waals surface area contributed by atoms with Crippen LogP contribution in [-0.4, -0.2) is 32.6 Å². The highest BCUT2D eigenvalue weighted by Crippen LogP contribution is 2.25. The molecule has 2 aromatic rings. The van der Waals surface area contributed by atoms with Crippen LogP contribution in [0, 0.1) is 6.92 Å². The number of carbonyl (C=O) groups is 1. The highest BCUT2D eigenvalue weighted by Gasteiger charge is 2.19. The average molecular weight is 232 g/mol. The second kappa shape index (κ2) is 4.32. The van der Waals surface area contributed by atoms with E-state index in [1.165, 1.54) is 12.4 Å².